The first kappa shape index (κ1) is 17.2. The number of anilines is 2. The molecule has 1 aliphatic heterocycles. The van der Waals surface area contributed by atoms with Crippen molar-refractivity contribution in [1.29, 1.82) is 0 Å². The number of aromatic nitrogens is 2. The van der Waals surface area contributed by atoms with Gasteiger partial charge in [-0.2, -0.15) is 0 Å². The van der Waals surface area contributed by atoms with E-state index in [2.05, 4.69) is 34.6 Å². The first-order valence-electron chi connectivity index (χ1n) is 7.92. The van der Waals surface area contributed by atoms with Crippen molar-refractivity contribution in [2.24, 2.45) is 0 Å². The van der Waals surface area contributed by atoms with E-state index in [-0.39, 0.29) is 5.91 Å². The van der Waals surface area contributed by atoms with Crippen LogP contribution in [-0.4, -0.2) is 53.1 Å². The van der Waals surface area contributed by atoms with E-state index < -0.39 is 0 Å². The van der Waals surface area contributed by atoms with Crippen LogP contribution >= 0.6 is 23.1 Å². The number of thioether (sulfide) groups is 1. The SMILES string of the molecule is CCc1ccc(Nc2nnc(SCC(=O)N3CCOCC3)s2)cc1. The second-order valence-corrected chi connectivity index (χ2v) is 7.53. The van der Waals surface area contributed by atoms with Crippen LogP contribution in [0, 0.1) is 0 Å². The van der Waals surface area contributed by atoms with Gasteiger partial charge in [0.25, 0.3) is 0 Å². The van der Waals surface area contributed by atoms with Gasteiger partial charge in [-0.25, -0.2) is 0 Å². The Hall–Kier alpha value is -1.64. The van der Waals surface area contributed by atoms with Gasteiger partial charge in [0.15, 0.2) is 4.34 Å². The van der Waals surface area contributed by atoms with Gasteiger partial charge in [0, 0.05) is 18.8 Å². The molecule has 6 nitrogen and oxygen atoms in total. The molecule has 1 aromatic heterocycles. The number of hydrogen-bond acceptors (Lipinski definition) is 7. The zero-order valence-electron chi connectivity index (χ0n) is 13.5. The Morgan fingerprint density at radius 2 is 2.04 bits per heavy atom. The molecule has 0 radical (unpaired) electrons. The zero-order valence-corrected chi connectivity index (χ0v) is 15.2. The van der Waals surface area contributed by atoms with Crippen molar-refractivity contribution in [2.75, 3.05) is 37.4 Å². The van der Waals surface area contributed by atoms with Gasteiger partial charge in [0.2, 0.25) is 11.0 Å². The molecule has 1 N–H and O–H groups in total. The lowest BCUT2D eigenvalue weighted by molar-refractivity contribution is -0.132. The summed E-state index contributed by atoms with van der Waals surface area (Å²) in [6.07, 6.45) is 1.02. The minimum absolute atomic E-state index is 0.128. The Morgan fingerprint density at radius 3 is 2.75 bits per heavy atom. The average molecular weight is 364 g/mol. The lowest BCUT2D eigenvalue weighted by Crippen LogP contribution is -2.41. The smallest absolute Gasteiger partial charge is 0.233 e. The van der Waals surface area contributed by atoms with Crippen molar-refractivity contribution in [2.45, 2.75) is 17.7 Å². The number of amides is 1. The molecule has 1 aromatic carbocycles. The second kappa shape index (κ2) is 8.46. The van der Waals surface area contributed by atoms with Gasteiger partial charge in [-0.15, -0.1) is 10.2 Å². The predicted molar refractivity (Wildman–Crippen MR) is 97.1 cm³/mol. The van der Waals surface area contributed by atoms with E-state index in [0.29, 0.717) is 32.1 Å². The molecule has 0 atom stereocenters. The largest absolute Gasteiger partial charge is 0.378 e. The van der Waals surface area contributed by atoms with Gasteiger partial charge in [0.05, 0.1) is 19.0 Å². The molecular weight excluding hydrogens is 344 g/mol. The molecule has 1 amide bonds. The van der Waals surface area contributed by atoms with Crippen LogP contribution in [0.25, 0.3) is 0 Å². The molecule has 0 spiro atoms. The molecule has 1 fully saturated rings. The Kier molecular flexibility index (Phi) is 6.06. The van der Waals surface area contributed by atoms with Crippen LogP contribution in [0.4, 0.5) is 10.8 Å². The van der Waals surface area contributed by atoms with E-state index in [0.717, 1.165) is 21.6 Å². The molecule has 0 bridgehead atoms. The Morgan fingerprint density at radius 1 is 1.29 bits per heavy atom. The summed E-state index contributed by atoms with van der Waals surface area (Å²) in [5.74, 6) is 0.517. The Bertz CT molecular complexity index is 669. The van der Waals surface area contributed by atoms with Gasteiger partial charge in [-0.3, -0.25) is 4.79 Å². The molecular formula is C16H20N4O2S2. The summed E-state index contributed by atoms with van der Waals surface area (Å²) < 4.78 is 6.05. The number of nitrogens with one attached hydrogen (secondary N) is 1. The molecule has 1 saturated heterocycles. The number of aryl methyl sites for hydroxylation is 1. The van der Waals surface area contributed by atoms with Crippen molar-refractivity contribution in [3.63, 3.8) is 0 Å². The fraction of sp³-hybridized carbons (Fsp3) is 0.438. The monoisotopic (exact) mass is 364 g/mol. The number of carbonyl (C=O) groups excluding carboxylic acids is 1. The highest BCUT2D eigenvalue weighted by Crippen LogP contribution is 2.28. The molecule has 1 aliphatic rings. The number of nitrogens with zero attached hydrogens (tertiary/aromatic N) is 3. The summed E-state index contributed by atoms with van der Waals surface area (Å²) in [5.41, 5.74) is 2.29. The Labute approximate surface area is 149 Å². The van der Waals surface area contributed by atoms with Crippen molar-refractivity contribution >= 4 is 39.8 Å². The maximum absolute atomic E-state index is 12.1. The predicted octanol–water partition coefficient (Wildman–Crippen LogP) is 2.80. The third-order valence-corrected chi connectivity index (χ3v) is 5.66. The van der Waals surface area contributed by atoms with Gasteiger partial charge in [0.1, 0.15) is 0 Å². The van der Waals surface area contributed by atoms with Gasteiger partial charge in [-0.1, -0.05) is 42.2 Å². The number of carbonyl (C=O) groups is 1. The van der Waals surface area contributed by atoms with E-state index in [1.807, 2.05) is 17.0 Å². The maximum atomic E-state index is 12.1. The molecule has 2 heterocycles. The van der Waals surface area contributed by atoms with Crippen LogP contribution in [0.2, 0.25) is 0 Å². The number of morpholine rings is 1. The van der Waals surface area contributed by atoms with Crippen LogP contribution in [0.1, 0.15) is 12.5 Å². The van der Waals surface area contributed by atoms with Crippen LogP contribution in [0.5, 0.6) is 0 Å². The van der Waals surface area contributed by atoms with Gasteiger partial charge >= 0.3 is 0 Å². The summed E-state index contributed by atoms with van der Waals surface area (Å²) in [5, 5.41) is 12.3. The maximum Gasteiger partial charge on any atom is 0.233 e. The molecule has 3 rings (SSSR count). The first-order valence-corrected chi connectivity index (χ1v) is 9.72. The molecule has 128 valence electrons. The molecule has 2 aromatic rings. The summed E-state index contributed by atoms with van der Waals surface area (Å²) in [4.78, 5) is 14.0. The van der Waals surface area contributed by atoms with E-state index in [4.69, 9.17) is 4.74 Å². The van der Waals surface area contributed by atoms with Crippen molar-refractivity contribution in [3.05, 3.63) is 29.8 Å². The highest BCUT2D eigenvalue weighted by molar-refractivity contribution is 8.01. The minimum atomic E-state index is 0.128. The van der Waals surface area contributed by atoms with Gasteiger partial charge < -0.3 is 15.0 Å². The summed E-state index contributed by atoms with van der Waals surface area (Å²) >= 11 is 2.89. The number of benzene rings is 1. The fourth-order valence-electron chi connectivity index (χ4n) is 2.29. The standard InChI is InChI=1S/C16H20N4O2S2/c1-2-12-3-5-13(6-4-12)17-15-18-19-16(24-15)23-11-14(21)20-7-9-22-10-8-20/h3-6H,2,7-11H2,1H3,(H,17,18). The van der Waals surface area contributed by atoms with Crippen molar-refractivity contribution in [3.8, 4) is 0 Å². The van der Waals surface area contributed by atoms with Crippen molar-refractivity contribution in [1.82, 2.24) is 15.1 Å². The van der Waals surface area contributed by atoms with Crippen molar-refractivity contribution < 1.29 is 9.53 Å². The number of hydrogen-bond donors (Lipinski definition) is 1. The van der Waals surface area contributed by atoms with E-state index in [1.165, 1.54) is 28.7 Å². The molecule has 0 aliphatic carbocycles. The summed E-state index contributed by atoms with van der Waals surface area (Å²) in [7, 11) is 0. The topological polar surface area (TPSA) is 67.4 Å². The van der Waals surface area contributed by atoms with Gasteiger partial charge in [-0.05, 0) is 24.1 Å². The van der Waals surface area contributed by atoms with E-state index in [1.54, 1.807) is 0 Å². The number of rotatable bonds is 6. The normalized spacial score (nSPS) is 14.6. The quantitative estimate of drug-likeness (QED) is 0.795. The molecule has 0 saturated carbocycles. The third-order valence-electron chi connectivity index (χ3n) is 3.70. The lowest BCUT2D eigenvalue weighted by Gasteiger charge is -2.26. The van der Waals surface area contributed by atoms with Crippen LogP contribution in [-0.2, 0) is 16.0 Å². The minimum Gasteiger partial charge on any atom is -0.378 e. The Balaban J connectivity index is 1.50. The third kappa shape index (κ3) is 4.68. The molecule has 8 heteroatoms. The summed E-state index contributed by atoms with van der Waals surface area (Å²) in [6, 6.07) is 8.27. The number of ether oxygens (including phenoxy) is 1. The molecule has 0 unspecified atom stereocenters. The zero-order chi connectivity index (χ0) is 16.8. The second-order valence-electron chi connectivity index (χ2n) is 5.33. The van der Waals surface area contributed by atoms with E-state index in [9.17, 15) is 4.79 Å². The van der Waals surface area contributed by atoms with Crippen LogP contribution in [0.3, 0.4) is 0 Å². The lowest BCUT2D eigenvalue weighted by atomic mass is 10.1. The van der Waals surface area contributed by atoms with Crippen LogP contribution < -0.4 is 5.32 Å². The van der Waals surface area contributed by atoms with E-state index >= 15 is 0 Å². The summed E-state index contributed by atoms with van der Waals surface area (Å²) in [6.45, 7) is 4.74. The highest BCUT2D eigenvalue weighted by atomic mass is 32.2. The highest BCUT2D eigenvalue weighted by Gasteiger charge is 2.17. The fourth-order valence-corrected chi connectivity index (χ4v) is 3.97. The first-order chi connectivity index (χ1) is 11.7. The molecule has 24 heavy (non-hydrogen) atoms. The average Bonchev–Trinajstić information content (AvgIpc) is 3.08. The van der Waals surface area contributed by atoms with Crippen LogP contribution in [0.15, 0.2) is 28.6 Å².